The topological polar surface area (TPSA) is 149 Å². The van der Waals surface area contributed by atoms with Gasteiger partial charge in [-0.25, -0.2) is 5.84 Å². The predicted octanol–water partition coefficient (Wildman–Crippen LogP) is 1.62. The van der Waals surface area contributed by atoms with Gasteiger partial charge >= 0.3 is 17.8 Å². The lowest BCUT2D eigenvalue weighted by Gasteiger charge is -2.29. The van der Waals surface area contributed by atoms with Gasteiger partial charge in [-0.2, -0.15) is 0 Å². The van der Waals surface area contributed by atoms with Gasteiger partial charge in [-0.15, -0.1) is 4.91 Å². The summed E-state index contributed by atoms with van der Waals surface area (Å²) in [5.74, 6) is 2.84. The normalized spacial score (nSPS) is 18.8. The van der Waals surface area contributed by atoms with Crippen LogP contribution in [0.5, 0.6) is 0 Å². The van der Waals surface area contributed by atoms with Gasteiger partial charge in [0.1, 0.15) is 5.69 Å². The summed E-state index contributed by atoms with van der Waals surface area (Å²) in [4.78, 5) is 45.0. The highest BCUT2D eigenvalue weighted by Gasteiger charge is 2.24. The van der Waals surface area contributed by atoms with Crippen molar-refractivity contribution in [3.05, 3.63) is 28.7 Å². The molecule has 0 bridgehead atoms. The number of anilines is 1. The van der Waals surface area contributed by atoms with Crippen LogP contribution in [0.15, 0.2) is 23.4 Å². The molecule has 0 aromatic heterocycles. The Hall–Kier alpha value is -2.85. The Morgan fingerprint density at radius 2 is 1.89 bits per heavy atom. The SMILES string of the molecule is COC(=O)CCOC1CCC(c2ccc(NC(=O)C(=O)NN)c(N=O)c2)CC1. The molecule has 152 valence electrons. The van der Waals surface area contributed by atoms with Crippen LogP contribution in [0.4, 0.5) is 11.4 Å². The van der Waals surface area contributed by atoms with Gasteiger partial charge < -0.3 is 14.8 Å². The van der Waals surface area contributed by atoms with Crippen LogP contribution in [0.3, 0.4) is 0 Å². The second kappa shape index (κ2) is 10.5. The van der Waals surface area contributed by atoms with E-state index in [1.54, 1.807) is 23.6 Å². The van der Waals surface area contributed by atoms with Gasteiger partial charge in [-0.1, -0.05) is 6.07 Å². The highest BCUT2D eigenvalue weighted by Crippen LogP contribution is 2.37. The summed E-state index contributed by atoms with van der Waals surface area (Å²) in [5.41, 5.74) is 2.84. The van der Waals surface area contributed by atoms with Gasteiger partial charge in [0.25, 0.3) is 0 Å². The first-order valence-electron chi connectivity index (χ1n) is 8.96. The number of amides is 2. The van der Waals surface area contributed by atoms with E-state index in [0.29, 0.717) is 6.61 Å². The summed E-state index contributed by atoms with van der Waals surface area (Å²) in [6.07, 6.45) is 3.73. The van der Waals surface area contributed by atoms with Crippen LogP contribution in [0, 0.1) is 4.91 Å². The standard InChI is InChI=1S/C18H24N4O6/c1-27-16(23)8-9-28-13-5-2-11(3-6-13)12-4-7-14(15(10-12)22-26)20-17(24)18(25)21-19/h4,7,10-11,13H,2-3,5-6,8-9,19H2,1H3,(H,20,24)(H,21,25). The molecule has 0 saturated heterocycles. The molecule has 4 N–H and O–H groups in total. The lowest BCUT2D eigenvalue weighted by molar-refractivity contribution is -0.142. The molecule has 28 heavy (non-hydrogen) atoms. The van der Waals surface area contributed by atoms with Gasteiger partial charge in [-0.05, 0) is 54.5 Å². The maximum atomic E-state index is 11.6. The number of esters is 1. The Morgan fingerprint density at radius 1 is 1.18 bits per heavy atom. The summed E-state index contributed by atoms with van der Waals surface area (Å²) in [5, 5.41) is 5.25. The summed E-state index contributed by atoms with van der Waals surface area (Å²) < 4.78 is 10.3. The number of hydrogen-bond donors (Lipinski definition) is 3. The number of carbonyl (C=O) groups excluding carboxylic acids is 3. The monoisotopic (exact) mass is 392 g/mol. The molecule has 1 fully saturated rings. The molecule has 0 radical (unpaired) electrons. The third kappa shape index (κ3) is 5.83. The highest BCUT2D eigenvalue weighted by atomic mass is 16.5. The number of nitrogens with two attached hydrogens (primary N) is 1. The van der Waals surface area contributed by atoms with Gasteiger partial charge in [0.2, 0.25) is 0 Å². The zero-order valence-electron chi connectivity index (χ0n) is 15.6. The minimum Gasteiger partial charge on any atom is -0.469 e. The predicted molar refractivity (Wildman–Crippen MR) is 100 cm³/mol. The van der Waals surface area contributed by atoms with E-state index in [4.69, 9.17) is 10.6 Å². The molecule has 1 saturated carbocycles. The van der Waals surface area contributed by atoms with Gasteiger partial charge in [0, 0.05) is 0 Å². The first-order valence-corrected chi connectivity index (χ1v) is 8.96. The van der Waals surface area contributed by atoms with Crippen LogP contribution in [0.2, 0.25) is 0 Å². The Bertz CT molecular complexity index is 731. The molecule has 1 aromatic carbocycles. The summed E-state index contributed by atoms with van der Waals surface area (Å²) in [6, 6.07) is 4.96. The van der Waals surface area contributed by atoms with Crippen molar-refractivity contribution in [2.45, 2.75) is 44.1 Å². The zero-order chi connectivity index (χ0) is 20.5. The maximum absolute atomic E-state index is 11.6. The van der Waals surface area contributed by atoms with E-state index < -0.39 is 11.8 Å². The number of nitrogens with zero attached hydrogens (tertiary/aromatic N) is 1. The van der Waals surface area contributed by atoms with E-state index >= 15 is 0 Å². The molecular weight excluding hydrogens is 368 g/mol. The molecule has 0 spiro atoms. The van der Waals surface area contributed by atoms with E-state index in [9.17, 15) is 19.3 Å². The Balaban J connectivity index is 1.92. The lowest BCUT2D eigenvalue weighted by Crippen LogP contribution is -2.39. The van der Waals surface area contributed by atoms with Crippen LogP contribution >= 0.6 is 0 Å². The fourth-order valence-corrected chi connectivity index (χ4v) is 3.20. The van der Waals surface area contributed by atoms with Gasteiger partial charge in [0.05, 0.1) is 31.9 Å². The largest absolute Gasteiger partial charge is 0.469 e. The molecule has 2 rings (SSSR count). The average Bonchev–Trinajstić information content (AvgIpc) is 2.73. The molecule has 1 aliphatic rings. The van der Waals surface area contributed by atoms with E-state index in [2.05, 4.69) is 15.2 Å². The summed E-state index contributed by atoms with van der Waals surface area (Å²) in [7, 11) is 1.35. The fourth-order valence-electron chi connectivity index (χ4n) is 3.20. The quantitative estimate of drug-likeness (QED) is 0.159. The number of ether oxygens (including phenoxy) is 2. The van der Waals surface area contributed by atoms with Crippen molar-refractivity contribution in [3.8, 4) is 0 Å². The number of methoxy groups -OCH3 is 1. The zero-order valence-corrected chi connectivity index (χ0v) is 15.6. The van der Waals surface area contributed by atoms with Crippen molar-refractivity contribution in [1.29, 1.82) is 0 Å². The second-order valence-corrected chi connectivity index (χ2v) is 6.47. The van der Waals surface area contributed by atoms with E-state index in [1.807, 2.05) is 0 Å². The van der Waals surface area contributed by atoms with Crippen molar-refractivity contribution < 1.29 is 23.9 Å². The molecule has 0 atom stereocenters. The van der Waals surface area contributed by atoms with Gasteiger partial charge in [-0.3, -0.25) is 19.8 Å². The Kier molecular flexibility index (Phi) is 8.02. The Labute approximate surface area is 162 Å². The molecule has 0 unspecified atom stereocenters. The van der Waals surface area contributed by atoms with E-state index in [-0.39, 0.29) is 35.8 Å². The number of rotatable bonds is 7. The van der Waals surface area contributed by atoms with Crippen molar-refractivity contribution in [2.75, 3.05) is 19.0 Å². The fraction of sp³-hybridized carbons (Fsp3) is 0.500. The minimum atomic E-state index is -1.02. The van der Waals surface area contributed by atoms with Crippen molar-refractivity contribution >= 4 is 29.2 Å². The second-order valence-electron chi connectivity index (χ2n) is 6.47. The van der Waals surface area contributed by atoms with Crippen molar-refractivity contribution in [2.24, 2.45) is 11.0 Å². The number of hydrazine groups is 1. The van der Waals surface area contributed by atoms with Crippen LogP contribution in [-0.2, 0) is 23.9 Å². The number of benzene rings is 1. The van der Waals surface area contributed by atoms with Crippen molar-refractivity contribution in [1.82, 2.24) is 5.43 Å². The number of nitroso groups, excluding NO2 is 1. The van der Waals surface area contributed by atoms with Crippen LogP contribution in [0.25, 0.3) is 0 Å². The molecule has 1 aliphatic carbocycles. The summed E-state index contributed by atoms with van der Waals surface area (Å²) in [6.45, 7) is 0.339. The third-order valence-corrected chi connectivity index (χ3v) is 4.74. The highest BCUT2D eigenvalue weighted by molar-refractivity contribution is 6.39. The van der Waals surface area contributed by atoms with Crippen LogP contribution in [0.1, 0.15) is 43.6 Å². The molecule has 0 aliphatic heterocycles. The van der Waals surface area contributed by atoms with Crippen LogP contribution < -0.4 is 16.6 Å². The molecule has 10 heteroatoms. The maximum Gasteiger partial charge on any atom is 0.323 e. The molecule has 10 nitrogen and oxygen atoms in total. The molecule has 0 heterocycles. The smallest absolute Gasteiger partial charge is 0.323 e. The first kappa shape index (κ1) is 21.5. The molecule has 2 amide bonds. The van der Waals surface area contributed by atoms with Crippen LogP contribution in [-0.4, -0.2) is 37.6 Å². The van der Waals surface area contributed by atoms with Crippen molar-refractivity contribution in [3.63, 3.8) is 0 Å². The van der Waals surface area contributed by atoms with Gasteiger partial charge in [0.15, 0.2) is 0 Å². The number of carbonyl (C=O) groups is 3. The third-order valence-electron chi connectivity index (χ3n) is 4.74. The number of nitrogens with one attached hydrogen (secondary N) is 2. The Morgan fingerprint density at radius 3 is 2.50 bits per heavy atom. The minimum absolute atomic E-state index is 0.0483. The molecule has 1 aromatic rings. The summed E-state index contributed by atoms with van der Waals surface area (Å²) >= 11 is 0. The van der Waals surface area contributed by atoms with E-state index in [1.165, 1.54) is 7.11 Å². The number of hydrogen-bond acceptors (Lipinski definition) is 8. The lowest BCUT2D eigenvalue weighted by atomic mass is 9.82. The first-order chi connectivity index (χ1) is 13.5. The average molecular weight is 392 g/mol. The van der Waals surface area contributed by atoms with E-state index in [0.717, 1.165) is 31.2 Å². The molecular formula is C18H24N4O6.